The van der Waals surface area contributed by atoms with Crippen molar-refractivity contribution in [1.82, 2.24) is 4.31 Å². The number of carbonyl (C=O) groups is 1. The maximum Gasteiger partial charge on any atom is 0.303 e. The SMILES string of the molecule is COc1ccc(CSC2CC(CCC(=O)O)N(S(C)(=O)=O)C2)cc1. The molecule has 2 unspecified atom stereocenters. The fourth-order valence-electron chi connectivity index (χ4n) is 2.86. The predicted molar refractivity (Wildman–Crippen MR) is 94.9 cm³/mol. The van der Waals surface area contributed by atoms with Gasteiger partial charge in [0.15, 0.2) is 0 Å². The van der Waals surface area contributed by atoms with Gasteiger partial charge < -0.3 is 9.84 Å². The largest absolute Gasteiger partial charge is 0.497 e. The molecule has 0 saturated carbocycles. The van der Waals surface area contributed by atoms with E-state index >= 15 is 0 Å². The number of ether oxygens (including phenoxy) is 1. The molecule has 0 amide bonds. The molecule has 2 atom stereocenters. The van der Waals surface area contributed by atoms with Gasteiger partial charge in [0.25, 0.3) is 0 Å². The van der Waals surface area contributed by atoms with E-state index in [4.69, 9.17) is 9.84 Å². The van der Waals surface area contributed by atoms with E-state index in [1.807, 2.05) is 24.3 Å². The van der Waals surface area contributed by atoms with Crippen molar-refractivity contribution in [2.24, 2.45) is 0 Å². The number of hydrogen-bond acceptors (Lipinski definition) is 5. The summed E-state index contributed by atoms with van der Waals surface area (Å²) in [5.74, 6) is 0.706. The van der Waals surface area contributed by atoms with E-state index in [2.05, 4.69) is 0 Å². The molecule has 0 aromatic heterocycles. The third kappa shape index (κ3) is 5.39. The summed E-state index contributed by atoms with van der Waals surface area (Å²) in [5.41, 5.74) is 1.15. The molecule has 6 nitrogen and oxygen atoms in total. The third-order valence-electron chi connectivity index (χ3n) is 4.09. The van der Waals surface area contributed by atoms with Gasteiger partial charge in [-0.1, -0.05) is 12.1 Å². The smallest absolute Gasteiger partial charge is 0.303 e. The molecule has 1 aromatic carbocycles. The molecular weight excluding hydrogens is 350 g/mol. The van der Waals surface area contributed by atoms with Crippen LogP contribution in [0.2, 0.25) is 0 Å². The zero-order valence-electron chi connectivity index (χ0n) is 13.8. The summed E-state index contributed by atoms with van der Waals surface area (Å²) in [4.78, 5) is 10.8. The van der Waals surface area contributed by atoms with Crippen LogP contribution in [0, 0.1) is 0 Å². The van der Waals surface area contributed by atoms with E-state index in [1.165, 1.54) is 10.6 Å². The standard InChI is InChI=1S/C16H23NO5S2/c1-22-14-6-3-12(4-7-14)11-23-15-9-13(5-8-16(18)19)17(10-15)24(2,20)21/h3-4,6-7,13,15H,5,8-11H2,1-2H3,(H,18,19). The first-order valence-electron chi connectivity index (χ1n) is 7.72. The van der Waals surface area contributed by atoms with Gasteiger partial charge in [-0.05, 0) is 30.5 Å². The second-order valence-corrected chi connectivity index (χ2v) is 9.16. The zero-order valence-corrected chi connectivity index (χ0v) is 15.5. The summed E-state index contributed by atoms with van der Waals surface area (Å²) in [6.07, 6.45) is 2.24. The summed E-state index contributed by atoms with van der Waals surface area (Å²) in [6, 6.07) is 7.59. The molecule has 1 aliphatic heterocycles. The maximum atomic E-state index is 11.9. The van der Waals surface area contributed by atoms with Gasteiger partial charge in [-0.2, -0.15) is 16.1 Å². The molecule has 1 aromatic rings. The molecule has 1 aliphatic rings. The molecular formula is C16H23NO5S2. The average molecular weight is 373 g/mol. The van der Waals surface area contributed by atoms with Gasteiger partial charge in [0.2, 0.25) is 10.0 Å². The van der Waals surface area contributed by atoms with Gasteiger partial charge in [-0.25, -0.2) is 8.42 Å². The van der Waals surface area contributed by atoms with Gasteiger partial charge in [0.1, 0.15) is 5.75 Å². The van der Waals surface area contributed by atoms with Crippen molar-refractivity contribution < 1.29 is 23.1 Å². The van der Waals surface area contributed by atoms with Crippen LogP contribution in [0.1, 0.15) is 24.8 Å². The van der Waals surface area contributed by atoms with Crippen LogP contribution in [0.3, 0.4) is 0 Å². The molecule has 1 heterocycles. The first-order valence-corrected chi connectivity index (χ1v) is 10.6. The number of hydrogen-bond donors (Lipinski definition) is 1. The van der Waals surface area contributed by atoms with Crippen LogP contribution in [0.25, 0.3) is 0 Å². The lowest BCUT2D eigenvalue weighted by Gasteiger charge is -2.21. The molecule has 0 bridgehead atoms. The minimum Gasteiger partial charge on any atom is -0.497 e. The number of carboxylic acid groups (broad SMARTS) is 1. The first kappa shape index (κ1) is 19.1. The molecule has 134 valence electrons. The average Bonchev–Trinajstić information content (AvgIpc) is 2.95. The normalized spacial score (nSPS) is 21.8. The van der Waals surface area contributed by atoms with Crippen molar-refractivity contribution in [1.29, 1.82) is 0 Å². The predicted octanol–water partition coefficient (Wildman–Crippen LogP) is 2.20. The van der Waals surface area contributed by atoms with Crippen LogP contribution in [0.4, 0.5) is 0 Å². The van der Waals surface area contributed by atoms with Gasteiger partial charge in [0, 0.05) is 30.0 Å². The fourth-order valence-corrected chi connectivity index (χ4v) is 5.38. The second kappa shape index (κ2) is 8.22. The van der Waals surface area contributed by atoms with E-state index in [0.29, 0.717) is 19.4 Å². The quantitative estimate of drug-likeness (QED) is 0.752. The molecule has 0 radical (unpaired) electrons. The fraction of sp³-hybridized carbons (Fsp3) is 0.562. The summed E-state index contributed by atoms with van der Waals surface area (Å²) < 4.78 is 30.5. The number of benzene rings is 1. The molecule has 0 spiro atoms. The highest BCUT2D eigenvalue weighted by atomic mass is 32.2. The van der Waals surface area contributed by atoms with Crippen molar-refractivity contribution in [3.8, 4) is 5.75 Å². The number of carboxylic acids is 1. The summed E-state index contributed by atoms with van der Waals surface area (Å²) in [5, 5.41) is 9.02. The van der Waals surface area contributed by atoms with Crippen LogP contribution in [-0.4, -0.2) is 55.0 Å². The molecule has 0 aliphatic carbocycles. The Kier molecular flexibility index (Phi) is 6.54. The summed E-state index contributed by atoms with van der Waals surface area (Å²) >= 11 is 1.71. The van der Waals surface area contributed by atoms with Gasteiger partial charge in [0.05, 0.1) is 13.4 Å². The highest BCUT2D eigenvalue weighted by Gasteiger charge is 2.37. The Bertz CT molecular complexity index is 660. The molecule has 1 fully saturated rings. The molecule has 24 heavy (non-hydrogen) atoms. The van der Waals surface area contributed by atoms with Gasteiger partial charge >= 0.3 is 5.97 Å². The van der Waals surface area contributed by atoms with Crippen LogP contribution in [0.5, 0.6) is 5.75 Å². The maximum absolute atomic E-state index is 11.9. The van der Waals surface area contributed by atoms with Crippen molar-refractivity contribution in [2.45, 2.75) is 36.3 Å². The zero-order chi connectivity index (χ0) is 17.7. The summed E-state index contributed by atoms with van der Waals surface area (Å²) in [7, 11) is -1.69. The molecule has 8 heteroatoms. The number of sulfonamides is 1. The van der Waals surface area contributed by atoms with E-state index in [-0.39, 0.29) is 17.7 Å². The minimum absolute atomic E-state index is 0.00739. The van der Waals surface area contributed by atoms with Crippen LogP contribution >= 0.6 is 11.8 Å². The lowest BCUT2D eigenvalue weighted by atomic mass is 10.1. The Morgan fingerprint density at radius 3 is 2.58 bits per heavy atom. The van der Waals surface area contributed by atoms with E-state index in [0.717, 1.165) is 17.1 Å². The van der Waals surface area contributed by atoms with Crippen LogP contribution in [0.15, 0.2) is 24.3 Å². The molecule has 1 saturated heterocycles. The molecule has 1 N–H and O–H groups in total. The minimum atomic E-state index is -3.31. The van der Waals surface area contributed by atoms with Crippen molar-refractivity contribution in [3.63, 3.8) is 0 Å². The third-order valence-corrected chi connectivity index (χ3v) is 6.70. The number of thioether (sulfide) groups is 1. The number of aliphatic carboxylic acids is 1. The Morgan fingerprint density at radius 1 is 1.38 bits per heavy atom. The Labute approximate surface area is 147 Å². The Morgan fingerprint density at radius 2 is 2.04 bits per heavy atom. The van der Waals surface area contributed by atoms with Gasteiger partial charge in [-0.3, -0.25) is 4.79 Å². The van der Waals surface area contributed by atoms with E-state index < -0.39 is 16.0 Å². The monoisotopic (exact) mass is 373 g/mol. The second-order valence-electron chi connectivity index (χ2n) is 5.94. The van der Waals surface area contributed by atoms with E-state index in [9.17, 15) is 13.2 Å². The first-order chi connectivity index (χ1) is 11.3. The highest BCUT2D eigenvalue weighted by Crippen LogP contribution is 2.33. The highest BCUT2D eigenvalue weighted by molar-refractivity contribution is 7.99. The lowest BCUT2D eigenvalue weighted by Crippen LogP contribution is -2.35. The van der Waals surface area contributed by atoms with Crippen LogP contribution < -0.4 is 4.74 Å². The molecule has 2 rings (SSSR count). The Balaban J connectivity index is 1.94. The Hall–Kier alpha value is -1.25. The van der Waals surface area contributed by atoms with Gasteiger partial charge in [-0.15, -0.1) is 0 Å². The summed E-state index contributed by atoms with van der Waals surface area (Å²) in [6.45, 7) is 0.448. The van der Waals surface area contributed by atoms with Crippen molar-refractivity contribution in [2.75, 3.05) is 19.9 Å². The van der Waals surface area contributed by atoms with E-state index in [1.54, 1.807) is 18.9 Å². The van der Waals surface area contributed by atoms with Crippen molar-refractivity contribution in [3.05, 3.63) is 29.8 Å². The lowest BCUT2D eigenvalue weighted by molar-refractivity contribution is -0.137. The van der Waals surface area contributed by atoms with Crippen LogP contribution in [-0.2, 0) is 20.6 Å². The number of nitrogens with zero attached hydrogens (tertiary/aromatic N) is 1. The topological polar surface area (TPSA) is 83.9 Å². The van der Waals surface area contributed by atoms with Crippen molar-refractivity contribution >= 4 is 27.8 Å². The number of methoxy groups -OCH3 is 1. The number of rotatable bonds is 8.